The minimum atomic E-state index is -0.00625. The lowest BCUT2D eigenvalue weighted by Crippen LogP contribution is -2.38. The summed E-state index contributed by atoms with van der Waals surface area (Å²) in [6.07, 6.45) is 8.22. The van der Waals surface area contributed by atoms with Crippen molar-refractivity contribution in [2.75, 3.05) is 0 Å². The Kier molecular flexibility index (Phi) is 4.97. The van der Waals surface area contributed by atoms with Crippen LogP contribution in [0.1, 0.15) is 52.4 Å². The molecule has 0 aromatic heterocycles. The van der Waals surface area contributed by atoms with Gasteiger partial charge < -0.3 is 0 Å². The molecule has 0 bridgehead atoms. The van der Waals surface area contributed by atoms with E-state index in [4.69, 9.17) is 5.26 Å². The molecule has 0 spiro atoms. The van der Waals surface area contributed by atoms with Gasteiger partial charge in [0.25, 0.3) is 0 Å². The highest BCUT2D eigenvalue weighted by Gasteiger charge is 2.19. The summed E-state index contributed by atoms with van der Waals surface area (Å²) in [5.41, 5.74) is 0. The van der Waals surface area contributed by atoms with Crippen molar-refractivity contribution >= 4 is 0 Å². The van der Waals surface area contributed by atoms with Gasteiger partial charge in [0.15, 0.2) is 0 Å². The van der Waals surface area contributed by atoms with Gasteiger partial charge in [0.1, 0.15) is 0 Å². The minimum Gasteiger partial charge on any atom is -0.299 e. The van der Waals surface area contributed by atoms with Gasteiger partial charge in [-0.15, -0.1) is 0 Å². The Morgan fingerprint density at radius 2 is 1.71 bits per heavy atom. The van der Waals surface area contributed by atoms with E-state index in [1.54, 1.807) is 0 Å². The van der Waals surface area contributed by atoms with Crippen LogP contribution in [0.15, 0.2) is 0 Å². The third-order valence-corrected chi connectivity index (χ3v) is 3.31. The first kappa shape index (κ1) is 11.5. The van der Waals surface area contributed by atoms with Gasteiger partial charge in [-0.05, 0) is 32.6 Å². The number of nitrogens with one attached hydrogen (secondary N) is 1. The van der Waals surface area contributed by atoms with Crippen LogP contribution in [0.5, 0.6) is 0 Å². The topological polar surface area (TPSA) is 35.8 Å². The van der Waals surface area contributed by atoms with Crippen molar-refractivity contribution in [2.45, 2.75) is 64.5 Å². The molecule has 0 amide bonds. The fraction of sp³-hybridized carbons (Fsp3) is 0.917. The molecule has 2 heteroatoms. The first-order valence-corrected chi connectivity index (χ1v) is 5.89. The maximum atomic E-state index is 8.73. The van der Waals surface area contributed by atoms with Gasteiger partial charge in [-0.1, -0.05) is 25.7 Å². The van der Waals surface area contributed by atoms with E-state index in [9.17, 15) is 0 Å². The molecule has 1 rings (SSSR count). The Morgan fingerprint density at radius 3 is 2.21 bits per heavy atom. The quantitative estimate of drug-likeness (QED) is 0.701. The highest BCUT2D eigenvalue weighted by atomic mass is 14.9. The van der Waals surface area contributed by atoms with E-state index in [1.807, 2.05) is 6.92 Å². The van der Waals surface area contributed by atoms with Gasteiger partial charge in [0.05, 0.1) is 12.1 Å². The van der Waals surface area contributed by atoms with E-state index in [2.05, 4.69) is 18.3 Å². The third kappa shape index (κ3) is 3.67. The van der Waals surface area contributed by atoms with Gasteiger partial charge in [0.2, 0.25) is 0 Å². The molecule has 0 aliphatic heterocycles. The molecule has 2 nitrogen and oxygen atoms in total. The zero-order chi connectivity index (χ0) is 10.4. The molecule has 1 aliphatic carbocycles. The summed E-state index contributed by atoms with van der Waals surface area (Å²) < 4.78 is 0. The second-order valence-corrected chi connectivity index (χ2v) is 4.56. The standard InChI is InChI=1S/C12H22N2/c1-10(9-13)14-11(2)12-7-5-3-4-6-8-12/h10-12,14H,3-8H2,1-2H3/t10?,11-/m1/s1. The van der Waals surface area contributed by atoms with Crippen LogP contribution in [0.3, 0.4) is 0 Å². The molecule has 0 heterocycles. The molecule has 1 unspecified atom stereocenters. The summed E-state index contributed by atoms with van der Waals surface area (Å²) in [5.74, 6) is 0.785. The van der Waals surface area contributed by atoms with E-state index < -0.39 is 0 Å². The molecule has 1 N–H and O–H groups in total. The van der Waals surface area contributed by atoms with E-state index in [0.717, 1.165) is 5.92 Å². The molecule has 0 aromatic rings. The first-order valence-electron chi connectivity index (χ1n) is 5.89. The lowest BCUT2D eigenvalue weighted by molar-refractivity contribution is 0.330. The van der Waals surface area contributed by atoms with Crippen LogP contribution >= 0.6 is 0 Å². The molecule has 1 aliphatic rings. The average Bonchev–Trinajstić information content (AvgIpc) is 2.45. The van der Waals surface area contributed by atoms with Crippen molar-refractivity contribution in [3.05, 3.63) is 0 Å². The van der Waals surface area contributed by atoms with Crippen molar-refractivity contribution in [1.29, 1.82) is 5.26 Å². The van der Waals surface area contributed by atoms with Crippen LogP contribution in [0.4, 0.5) is 0 Å². The van der Waals surface area contributed by atoms with Crippen molar-refractivity contribution in [2.24, 2.45) is 5.92 Å². The summed E-state index contributed by atoms with van der Waals surface area (Å²) in [6, 6.07) is 2.74. The highest BCUT2D eigenvalue weighted by molar-refractivity contribution is 4.89. The van der Waals surface area contributed by atoms with Crippen LogP contribution in [0.25, 0.3) is 0 Å². The van der Waals surface area contributed by atoms with Crippen LogP contribution < -0.4 is 5.32 Å². The van der Waals surface area contributed by atoms with Gasteiger partial charge in [-0.25, -0.2) is 0 Å². The van der Waals surface area contributed by atoms with Crippen LogP contribution in [0, 0.1) is 17.2 Å². The number of hydrogen-bond acceptors (Lipinski definition) is 2. The zero-order valence-corrected chi connectivity index (χ0v) is 9.42. The molecule has 0 radical (unpaired) electrons. The fourth-order valence-electron chi connectivity index (χ4n) is 2.38. The molecule has 2 atom stereocenters. The van der Waals surface area contributed by atoms with Crippen LogP contribution in [-0.4, -0.2) is 12.1 Å². The zero-order valence-electron chi connectivity index (χ0n) is 9.42. The Balaban J connectivity index is 2.34. The largest absolute Gasteiger partial charge is 0.299 e. The third-order valence-electron chi connectivity index (χ3n) is 3.31. The molecule has 0 saturated heterocycles. The maximum absolute atomic E-state index is 8.73. The normalized spacial score (nSPS) is 23.5. The minimum absolute atomic E-state index is 0.00625. The van der Waals surface area contributed by atoms with Crippen LogP contribution in [-0.2, 0) is 0 Å². The summed E-state index contributed by atoms with van der Waals surface area (Å²) in [6.45, 7) is 4.16. The van der Waals surface area contributed by atoms with E-state index >= 15 is 0 Å². The molecule has 14 heavy (non-hydrogen) atoms. The predicted octanol–water partition coefficient (Wildman–Crippen LogP) is 2.85. The summed E-state index contributed by atoms with van der Waals surface area (Å²) in [4.78, 5) is 0. The van der Waals surface area contributed by atoms with Gasteiger partial charge in [0, 0.05) is 6.04 Å². The van der Waals surface area contributed by atoms with Gasteiger partial charge in [-0.3, -0.25) is 5.32 Å². The molecule has 80 valence electrons. The van der Waals surface area contributed by atoms with E-state index in [-0.39, 0.29) is 6.04 Å². The summed E-state index contributed by atoms with van der Waals surface area (Å²) in [5, 5.41) is 12.1. The highest BCUT2D eigenvalue weighted by Crippen LogP contribution is 2.25. The van der Waals surface area contributed by atoms with Crippen molar-refractivity contribution in [3.8, 4) is 6.07 Å². The Hall–Kier alpha value is -0.550. The van der Waals surface area contributed by atoms with E-state index in [0.29, 0.717) is 6.04 Å². The smallest absolute Gasteiger partial charge is 0.0926 e. The lowest BCUT2D eigenvalue weighted by atomic mass is 9.92. The number of nitriles is 1. The Labute approximate surface area is 87.7 Å². The van der Waals surface area contributed by atoms with Gasteiger partial charge >= 0.3 is 0 Å². The second-order valence-electron chi connectivity index (χ2n) is 4.56. The van der Waals surface area contributed by atoms with E-state index in [1.165, 1.54) is 38.5 Å². The Bertz CT molecular complexity index is 187. The SMILES string of the molecule is CC(C#N)N[C@H](C)C1CCCCCC1. The van der Waals surface area contributed by atoms with Crippen LogP contribution in [0.2, 0.25) is 0 Å². The number of nitrogens with zero attached hydrogens (tertiary/aromatic N) is 1. The maximum Gasteiger partial charge on any atom is 0.0926 e. The van der Waals surface area contributed by atoms with Crippen molar-refractivity contribution < 1.29 is 0 Å². The molecule has 0 aromatic carbocycles. The molecule has 1 fully saturated rings. The monoisotopic (exact) mass is 194 g/mol. The lowest BCUT2D eigenvalue weighted by Gasteiger charge is -2.24. The first-order chi connectivity index (χ1) is 6.74. The summed E-state index contributed by atoms with van der Waals surface area (Å²) >= 11 is 0. The molecular formula is C12H22N2. The fourth-order valence-corrected chi connectivity index (χ4v) is 2.38. The van der Waals surface area contributed by atoms with Gasteiger partial charge in [-0.2, -0.15) is 5.26 Å². The predicted molar refractivity (Wildman–Crippen MR) is 58.9 cm³/mol. The molecular weight excluding hydrogens is 172 g/mol. The second kappa shape index (κ2) is 6.03. The molecule has 1 saturated carbocycles. The summed E-state index contributed by atoms with van der Waals surface area (Å²) in [7, 11) is 0. The Morgan fingerprint density at radius 1 is 1.14 bits per heavy atom. The number of hydrogen-bond donors (Lipinski definition) is 1. The van der Waals surface area contributed by atoms with Crippen molar-refractivity contribution in [1.82, 2.24) is 5.32 Å². The van der Waals surface area contributed by atoms with Crippen molar-refractivity contribution in [3.63, 3.8) is 0 Å². The number of rotatable bonds is 3. The average molecular weight is 194 g/mol.